The highest BCUT2D eigenvalue weighted by Gasteiger charge is 2.34. The number of para-hydroxylation sites is 1. The number of aromatic nitrogens is 3. The van der Waals surface area contributed by atoms with Gasteiger partial charge in [0.1, 0.15) is 5.69 Å². The number of hydrogen-bond acceptors (Lipinski definition) is 5. The lowest BCUT2D eigenvalue weighted by molar-refractivity contribution is -0.140. The van der Waals surface area contributed by atoms with Gasteiger partial charge in [-0.05, 0) is 56.0 Å². The third-order valence-electron chi connectivity index (χ3n) is 6.56. The van der Waals surface area contributed by atoms with Gasteiger partial charge in [-0.2, -0.15) is 13.2 Å². The molecule has 2 heterocycles. The highest BCUT2D eigenvalue weighted by Crippen LogP contribution is 2.34. The molecule has 10 heteroatoms. The molecule has 2 N–H and O–H groups in total. The van der Waals surface area contributed by atoms with Crippen LogP contribution in [0.25, 0.3) is 21.8 Å². The minimum atomic E-state index is -4.55. The van der Waals surface area contributed by atoms with Crippen molar-refractivity contribution in [3.63, 3.8) is 0 Å². The standard InChI is InChI=1S/C26H24F3N5O2/c1-34-14-30-21-11-15(9-10-19(21)25(34)36)24(35)32-17-6-4-5-16(12-17)31-22-13-23(26(27,28)29)33-20-8-3-2-7-18(20)22/h2-3,7-11,13-14,16-17H,4-6,12H2,1H3,(H,31,33)(H,32,35)/t16-,17+/m0/s1. The highest BCUT2D eigenvalue weighted by atomic mass is 19.4. The van der Waals surface area contributed by atoms with Crippen LogP contribution in [0, 0.1) is 0 Å². The van der Waals surface area contributed by atoms with Crippen LogP contribution in [0.5, 0.6) is 0 Å². The van der Waals surface area contributed by atoms with Crippen LogP contribution >= 0.6 is 0 Å². The van der Waals surface area contributed by atoms with E-state index in [1.54, 1.807) is 49.5 Å². The molecule has 7 nitrogen and oxygen atoms in total. The Hall–Kier alpha value is -3.95. The van der Waals surface area contributed by atoms with Gasteiger partial charge in [0, 0.05) is 35.8 Å². The zero-order valence-corrected chi connectivity index (χ0v) is 19.5. The van der Waals surface area contributed by atoms with Crippen molar-refractivity contribution in [2.24, 2.45) is 7.05 Å². The van der Waals surface area contributed by atoms with Gasteiger partial charge in [0.2, 0.25) is 0 Å². The molecule has 186 valence electrons. The Morgan fingerprint density at radius 3 is 2.61 bits per heavy atom. The number of aryl methyl sites for hydroxylation is 1. The van der Waals surface area contributed by atoms with Crippen LogP contribution in [0.3, 0.4) is 0 Å². The quantitative estimate of drug-likeness (QED) is 0.430. The molecule has 0 radical (unpaired) electrons. The Morgan fingerprint density at radius 2 is 1.81 bits per heavy atom. The molecule has 0 unspecified atom stereocenters. The summed E-state index contributed by atoms with van der Waals surface area (Å²) in [5.74, 6) is -0.279. The van der Waals surface area contributed by atoms with E-state index in [0.29, 0.717) is 34.0 Å². The summed E-state index contributed by atoms with van der Waals surface area (Å²) >= 11 is 0. The van der Waals surface area contributed by atoms with E-state index in [-0.39, 0.29) is 29.1 Å². The normalized spacial score (nSPS) is 18.3. The number of nitrogens with one attached hydrogen (secondary N) is 2. The average molecular weight is 496 g/mol. The SMILES string of the molecule is Cn1cnc2cc(C(=O)N[C@@H]3CCC[C@H](Nc4cc(C(F)(F)F)nc5ccccc45)C3)ccc2c1=O. The first-order valence-electron chi connectivity index (χ1n) is 11.7. The molecule has 0 bridgehead atoms. The summed E-state index contributed by atoms with van der Waals surface area (Å²) < 4.78 is 41.6. The number of carbonyl (C=O) groups is 1. The zero-order valence-electron chi connectivity index (χ0n) is 19.5. The molecule has 1 aliphatic carbocycles. The molecule has 2 aromatic heterocycles. The van der Waals surface area contributed by atoms with Gasteiger partial charge in [-0.3, -0.25) is 9.59 Å². The summed E-state index contributed by atoms with van der Waals surface area (Å²) in [5.41, 5.74) is 0.365. The lowest BCUT2D eigenvalue weighted by atomic mass is 9.90. The number of carbonyl (C=O) groups excluding carboxylic acids is 1. The summed E-state index contributed by atoms with van der Waals surface area (Å²) in [6.45, 7) is 0. The topological polar surface area (TPSA) is 88.9 Å². The Kier molecular flexibility index (Phi) is 6.11. The fourth-order valence-electron chi connectivity index (χ4n) is 4.73. The number of benzene rings is 2. The number of nitrogens with zero attached hydrogens (tertiary/aromatic N) is 3. The minimum absolute atomic E-state index is 0.114. The molecule has 0 saturated heterocycles. The second kappa shape index (κ2) is 9.25. The van der Waals surface area contributed by atoms with Gasteiger partial charge in [0.25, 0.3) is 11.5 Å². The van der Waals surface area contributed by atoms with Crippen LogP contribution in [0.15, 0.2) is 59.7 Å². The first-order chi connectivity index (χ1) is 17.2. The van der Waals surface area contributed by atoms with E-state index < -0.39 is 11.9 Å². The molecular formula is C26H24F3N5O2. The second-order valence-electron chi connectivity index (χ2n) is 9.14. The van der Waals surface area contributed by atoms with Crippen molar-refractivity contribution < 1.29 is 18.0 Å². The van der Waals surface area contributed by atoms with Crippen LogP contribution in [0.1, 0.15) is 41.7 Å². The molecular weight excluding hydrogens is 471 g/mol. The van der Waals surface area contributed by atoms with Gasteiger partial charge < -0.3 is 15.2 Å². The largest absolute Gasteiger partial charge is 0.433 e. The summed E-state index contributed by atoms with van der Waals surface area (Å²) in [6, 6.07) is 12.3. The minimum Gasteiger partial charge on any atom is -0.382 e. The van der Waals surface area contributed by atoms with Gasteiger partial charge in [0.05, 0.1) is 22.7 Å². The molecule has 5 rings (SSSR count). The van der Waals surface area contributed by atoms with Crippen LogP contribution in [0.4, 0.5) is 18.9 Å². The Bertz CT molecular complexity index is 1520. The van der Waals surface area contributed by atoms with E-state index in [0.717, 1.165) is 25.3 Å². The summed E-state index contributed by atoms with van der Waals surface area (Å²) in [7, 11) is 1.61. The second-order valence-corrected chi connectivity index (χ2v) is 9.14. The van der Waals surface area contributed by atoms with E-state index in [2.05, 4.69) is 20.6 Å². The Balaban J connectivity index is 1.32. The summed E-state index contributed by atoms with van der Waals surface area (Å²) in [6.07, 6.45) is -0.225. The maximum atomic E-state index is 13.4. The number of alkyl halides is 3. The fourth-order valence-corrected chi connectivity index (χ4v) is 4.73. The van der Waals surface area contributed by atoms with Crippen LogP contribution in [0.2, 0.25) is 0 Å². The van der Waals surface area contributed by atoms with Crippen molar-refractivity contribution in [1.29, 1.82) is 0 Å². The monoisotopic (exact) mass is 495 g/mol. The first-order valence-corrected chi connectivity index (χ1v) is 11.7. The number of anilines is 1. The molecule has 1 saturated carbocycles. The molecule has 4 aromatic rings. The third kappa shape index (κ3) is 4.75. The molecule has 1 amide bonds. The van der Waals surface area contributed by atoms with Gasteiger partial charge >= 0.3 is 6.18 Å². The van der Waals surface area contributed by atoms with Crippen molar-refractivity contribution in [3.05, 3.63) is 76.5 Å². The maximum absolute atomic E-state index is 13.4. The summed E-state index contributed by atoms with van der Waals surface area (Å²) in [4.78, 5) is 33.1. The predicted octanol–water partition coefficient (Wildman–Crippen LogP) is 4.65. The van der Waals surface area contributed by atoms with E-state index in [1.165, 1.54) is 10.9 Å². The number of amides is 1. The highest BCUT2D eigenvalue weighted by molar-refractivity contribution is 5.97. The molecule has 0 spiro atoms. The van der Waals surface area contributed by atoms with Gasteiger partial charge in [0.15, 0.2) is 0 Å². The van der Waals surface area contributed by atoms with Gasteiger partial charge in [-0.15, -0.1) is 0 Å². The van der Waals surface area contributed by atoms with Crippen LogP contribution in [-0.4, -0.2) is 32.5 Å². The lowest BCUT2D eigenvalue weighted by Crippen LogP contribution is -2.41. The van der Waals surface area contributed by atoms with E-state index in [4.69, 9.17) is 0 Å². The maximum Gasteiger partial charge on any atom is 0.433 e. The van der Waals surface area contributed by atoms with Gasteiger partial charge in [-0.1, -0.05) is 18.2 Å². The molecule has 0 aliphatic heterocycles. The average Bonchev–Trinajstić information content (AvgIpc) is 2.85. The van der Waals surface area contributed by atoms with Crippen molar-refractivity contribution in [2.75, 3.05) is 5.32 Å². The smallest absolute Gasteiger partial charge is 0.382 e. The molecule has 2 atom stereocenters. The van der Waals surface area contributed by atoms with Crippen molar-refractivity contribution >= 4 is 33.4 Å². The number of fused-ring (bicyclic) bond motifs is 2. The number of halogens is 3. The molecule has 2 aromatic carbocycles. The Labute approximate surface area is 204 Å². The van der Waals surface area contributed by atoms with E-state index >= 15 is 0 Å². The van der Waals surface area contributed by atoms with Crippen molar-refractivity contribution in [3.8, 4) is 0 Å². The molecule has 1 fully saturated rings. The zero-order chi connectivity index (χ0) is 25.4. The van der Waals surface area contributed by atoms with Gasteiger partial charge in [-0.25, -0.2) is 9.97 Å². The number of pyridine rings is 1. The van der Waals surface area contributed by atoms with Crippen LogP contribution < -0.4 is 16.2 Å². The number of hydrogen-bond donors (Lipinski definition) is 2. The predicted molar refractivity (Wildman–Crippen MR) is 131 cm³/mol. The lowest BCUT2D eigenvalue weighted by Gasteiger charge is -2.31. The molecule has 36 heavy (non-hydrogen) atoms. The number of rotatable bonds is 4. The fraction of sp³-hybridized carbons (Fsp3) is 0.308. The van der Waals surface area contributed by atoms with Crippen LogP contribution in [-0.2, 0) is 13.2 Å². The van der Waals surface area contributed by atoms with E-state index in [1.807, 2.05) is 0 Å². The summed E-state index contributed by atoms with van der Waals surface area (Å²) in [5, 5.41) is 7.36. The van der Waals surface area contributed by atoms with E-state index in [9.17, 15) is 22.8 Å². The third-order valence-corrected chi connectivity index (χ3v) is 6.56. The van der Waals surface area contributed by atoms with Crippen molar-refractivity contribution in [1.82, 2.24) is 19.9 Å². The Morgan fingerprint density at radius 1 is 1.03 bits per heavy atom. The first kappa shape index (κ1) is 23.8. The van der Waals surface area contributed by atoms with Crippen molar-refractivity contribution in [2.45, 2.75) is 43.9 Å². The molecule has 1 aliphatic rings.